The van der Waals surface area contributed by atoms with Crippen molar-refractivity contribution < 1.29 is 0 Å². The Kier molecular flexibility index (Phi) is 6.33. The summed E-state index contributed by atoms with van der Waals surface area (Å²) in [6.07, 6.45) is 2.35. The van der Waals surface area contributed by atoms with Gasteiger partial charge in [-0.2, -0.15) is 0 Å². The number of rotatable bonds is 6. The zero-order valence-electron chi connectivity index (χ0n) is 19.7. The molecule has 0 unspecified atom stereocenters. The van der Waals surface area contributed by atoms with Crippen molar-refractivity contribution in [3.05, 3.63) is 125 Å². The summed E-state index contributed by atoms with van der Waals surface area (Å²) in [5, 5.41) is 0. The van der Waals surface area contributed by atoms with Crippen LogP contribution < -0.4 is 22.9 Å². The van der Waals surface area contributed by atoms with E-state index in [1.807, 2.05) is 48.5 Å². The van der Waals surface area contributed by atoms with Crippen molar-refractivity contribution in [2.75, 3.05) is 22.9 Å². The Bertz CT molecular complexity index is 1220. The molecule has 0 aliphatic rings. The van der Waals surface area contributed by atoms with Crippen LogP contribution in [0.1, 0.15) is 42.0 Å². The van der Waals surface area contributed by atoms with Gasteiger partial charge in [-0.15, -0.1) is 0 Å². The van der Waals surface area contributed by atoms with Crippen LogP contribution in [-0.4, -0.2) is 0 Å². The van der Waals surface area contributed by atoms with Gasteiger partial charge in [-0.3, -0.25) is 0 Å². The summed E-state index contributed by atoms with van der Waals surface area (Å²) in [6.45, 7) is 4.44. The molecule has 0 amide bonds. The van der Waals surface area contributed by atoms with E-state index in [1.54, 1.807) is 0 Å². The molecule has 0 atom stereocenters. The topological polar surface area (TPSA) is 104 Å². The average molecular weight is 449 g/mol. The summed E-state index contributed by atoms with van der Waals surface area (Å²) in [5.74, 6) is -0.0297. The van der Waals surface area contributed by atoms with E-state index in [9.17, 15) is 0 Å². The van der Waals surface area contributed by atoms with Crippen molar-refractivity contribution in [1.82, 2.24) is 0 Å². The monoisotopic (exact) mass is 448 g/mol. The highest BCUT2D eigenvalue weighted by atomic mass is 14.6. The minimum Gasteiger partial charge on any atom is -0.399 e. The highest BCUT2D eigenvalue weighted by molar-refractivity contribution is 5.77. The fourth-order valence-corrected chi connectivity index (χ4v) is 4.32. The molecular formula is C30H32N4. The summed E-state index contributed by atoms with van der Waals surface area (Å²) in [7, 11) is 0. The van der Waals surface area contributed by atoms with Crippen molar-refractivity contribution in [1.29, 1.82) is 0 Å². The van der Waals surface area contributed by atoms with Gasteiger partial charge in [0.1, 0.15) is 0 Å². The molecule has 4 aromatic carbocycles. The van der Waals surface area contributed by atoms with Crippen molar-refractivity contribution in [3.8, 4) is 0 Å². The number of nitrogens with two attached hydrogens (primary N) is 4. The smallest absolute Gasteiger partial charge is 0.0343 e. The standard InChI is InChI=1S/C30H32N4/c1-30(2,23-9-17-27(34)18-10-23)19-28(20-3-11-24(31)12-4-20)29(21-5-13-25(32)14-6-21)22-7-15-26(33)16-8-22/h3-19,29H,31-34H2,1-2H3. The predicted molar refractivity (Wildman–Crippen MR) is 146 cm³/mol. The fraction of sp³-hybridized carbons (Fsp3) is 0.133. The minimum absolute atomic E-state index is 0.0297. The van der Waals surface area contributed by atoms with Gasteiger partial charge < -0.3 is 22.9 Å². The second-order valence-corrected chi connectivity index (χ2v) is 9.33. The van der Waals surface area contributed by atoms with Gasteiger partial charge >= 0.3 is 0 Å². The maximum atomic E-state index is 6.03. The van der Waals surface area contributed by atoms with Crippen LogP contribution in [0.4, 0.5) is 22.7 Å². The van der Waals surface area contributed by atoms with E-state index in [-0.39, 0.29) is 11.3 Å². The molecule has 4 rings (SSSR count). The Hall–Kier alpha value is -4.18. The maximum Gasteiger partial charge on any atom is 0.0343 e. The first-order valence-electron chi connectivity index (χ1n) is 11.4. The lowest BCUT2D eigenvalue weighted by atomic mass is 9.75. The lowest BCUT2D eigenvalue weighted by Crippen LogP contribution is -2.17. The first-order chi connectivity index (χ1) is 16.2. The van der Waals surface area contributed by atoms with Crippen molar-refractivity contribution in [2.24, 2.45) is 0 Å². The molecule has 172 valence electrons. The summed E-state index contributed by atoms with van der Waals surface area (Å²) >= 11 is 0. The van der Waals surface area contributed by atoms with Crippen LogP contribution in [-0.2, 0) is 5.41 Å². The van der Waals surface area contributed by atoms with Gasteiger partial charge in [-0.1, -0.05) is 68.5 Å². The van der Waals surface area contributed by atoms with E-state index < -0.39 is 0 Å². The number of hydrogen-bond donors (Lipinski definition) is 4. The second-order valence-electron chi connectivity index (χ2n) is 9.33. The van der Waals surface area contributed by atoms with E-state index in [0.29, 0.717) is 0 Å². The van der Waals surface area contributed by atoms with E-state index in [1.165, 1.54) is 11.1 Å². The minimum atomic E-state index is -0.260. The van der Waals surface area contributed by atoms with Crippen LogP contribution in [0.25, 0.3) is 5.57 Å². The van der Waals surface area contributed by atoms with Crippen molar-refractivity contribution in [2.45, 2.75) is 25.2 Å². The van der Waals surface area contributed by atoms with E-state index in [4.69, 9.17) is 22.9 Å². The Balaban J connectivity index is 1.95. The zero-order valence-corrected chi connectivity index (χ0v) is 19.7. The van der Waals surface area contributed by atoms with Crippen LogP contribution in [0.3, 0.4) is 0 Å². The van der Waals surface area contributed by atoms with Gasteiger partial charge in [0.2, 0.25) is 0 Å². The summed E-state index contributed by atoms with van der Waals surface area (Å²) in [4.78, 5) is 0. The summed E-state index contributed by atoms with van der Waals surface area (Å²) in [5.41, 5.74) is 32.5. The molecule has 0 aliphatic heterocycles. The van der Waals surface area contributed by atoms with E-state index >= 15 is 0 Å². The molecular weight excluding hydrogens is 416 g/mol. The quantitative estimate of drug-likeness (QED) is 0.263. The van der Waals surface area contributed by atoms with E-state index in [0.717, 1.165) is 39.4 Å². The van der Waals surface area contributed by atoms with Crippen LogP contribution >= 0.6 is 0 Å². The number of allylic oxidation sites excluding steroid dienone is 2. The molecule has 4 aromatic rings. The Morgan fingerprint density at radius 1 is 0.559 bits per heavy atom. The molecule has 4 heteroatoms. The van der Waals surface area contributed by atoms with Crippen LogP contribution in [0.5, 0.6) is 0 Å². The maximum absolute atomic E-state index is 6.03. The van der Waals surface area contributed by atoms with Gasteiger partial charge in [-0.05, 0) is 76.4 Å². The highest BCUT2D eigenvalue weighted by Crippen LogP contribution is 2.42. The molecule has 0 aliphatic carbocycles. The first kappa shape index (κ1) is 23.0. The summed E-state index contributed by atoms with van der Waals surface area (Å²) in [6, 6.07) is 32.3. The molecule has 8 N–H and O–H groups in total. The number of hydrogen-bond acceptors (Lipinski definition) is 4. The largest absolute Gasteiger partial charge is 0.399 e. The molecule has 0 saturated carbocycles. The zero-order chi connectivity index (χ0) is 24.3. The normalized spacial score (nSPS) is 12.1. The lowest BCUT2D eigenvalue weighted by molar-refractivity contribution is 0.668. The van der Waals surface area contributed by atoms with Crippen LogP contribution in [0, 0.1) is 0 Å². The fourth-order valence-electron chi connectivity index (χ4n) is 4.32. The van der Waals surface area contributed by atoms with Gasteiger partial charge in [0.05, 0.1) is 0 Å². The number of nitrogen functional groups attached to an aromatic ring is 4. The van der Waals surface area contributed by atoms with Gasteiger partial charge in [0, 0.05) is 34.1 Å². The van der Waals surface area contributed by atoms with Crippen LogP contribution in [0.2, 0.25) is 0 Å². The molecule has 0 heterocycles. The van der Waals surface area contributed by atoms with E-state index in [2.05, 4.69) is 68.5 Å². The summed E-state index contributed by atoms with van der Waals surface area (Å²) < 4.78 is 0. The van der Waals surface area contributed by atoms with Gasteiger partial charge in [0.15, 0.2) is 0 Å². The Morgan fingerprint density at radius 3 is 1.32 bits per heavy atom. The molecule has 0 spiro atoms. The average Bonchev–Trinajstić information content (AvgIpc) is 2.82. The Labute approximate surface area is 201 Å². The molecule has 0 saturated heterocycles. The van der Waals surface area contributed by atoms with Crippen LogP contribution in [0.15, 0.2) is 103 Å². The van der Waals surface area contributed by atoms with Crippen molar-refractivity contribution in [3.63, 3.8) is 0 Å². The van der Waals surface area contributed by atoms with Crippen molar-refractivity contribution >= 4 is 28.3 Å². The second kappa shape index (κ2) is 9.36. The third kappa shape index (κ3) is 5.07. The number of benzene rings is 4. The van der Waals surface area contributed by atoms with Gasteiger partial charge in [-0.25, -0.2) is 0 Å². The molecule has 0 bridgehead atoms. The van der Waals surface area contributed by atoms with Gasteiger partial charge in [0.25, 0.3) is 0 Å². The SMILES string of the molecule is CC(C)(C=C(c1ccc(N)cc1)C(c1ccc(N)cc1)c1ccc(N)cc1)c1ccc(N)cc1. The molecule has 0 fully saturated rings. The highest BCUT2D eigenvalue weighted by Gasteiger charge is 2.26. The third-order valence-electron chi connectivity index (χ3n) is 6.27. The molecule has 0 aromatic heterocycles. The lowest BCUT2D eigenvalue weighted by Gasteiger charge is -2.28. The first-order valence-corrected chi connectivity index (χ1v) is 11.4. The number of anilines is 4. The predicted octanol–water partition coefficient (Wildman–Crippen LogP) is 6.21. The molecule has 0 radical (unpaired) electrons. The molecule has 34 heavy (non-hydrogen) atoms. The Morgan fingerprint density at radius 2 is 0.912 bits per heavy atom. The third-order valence-corrected chi connectivity index (χ3v) is 6.27. The molecule has 4 nitrogen and oxygen atoms in total.